The maximum Gasteiger partial charge on any atom is 0.339 e. The van der Waals surface area contributed by atoms with Crippen molar-refractivity contribution in [3.63, 3.8) is 0 Å². The number of amides is 1. The number of carbonyl (C=O) groups excluding carboxylic acids is 2. The van der Waals surface area contributed by atoms with Crippen LogP contribution in [0.25, 0.3) is 0 Å². The fraction of sp³-hybridized carbons (Fsp3) is 0.556. The Morgan fingerprint density at radius 1 is 1.28 bits per heavy atom. The maximum absolute atomic E-state index is 12.3. The third kappa shape index (κ3) is 4.00. The van der Waals surface area contributed by atoms with Gasteiger partial charge in [0, 0.05) is 6.04 Å². The minimum Gasteiger partial charge on any atom is -0.454 e. The third-order valence-electron chi connectivity index (χ3n) is 4.76. The first-order valence-electron chi connectivity index (χ1n) is 8.56. The van der Waals surface area contributed by atoms with E-state index in [1.54, 1.807) is 6.92 Å². The normalized spacial score (nSPS) is 23.0. The van der Waals surface area contributed by atoms with Crippen molar-refractivity contribution in [2.24, 2.45) is 5.92 Å². The van der Waals surface area contributed by atoms with Crippen LogP contribution in [-0.2, 0) is 9.53 Å². The van der Waals surface area contributed by atoms with Crippen LogP contribution in [0.3, 0.4) is 0 Å². The van der Waals surface area contributed by atoms with Gasteiger partial charge in [0.05, 0.1) is 10.6 Å². The van der Waals surface area contributed by atoms with Crippen molar-refractivity contribution in [2.45, 2.75) is 51.7 Å². The molecular weight excluding hydrogens is 346 g/mol. The van der Waals surface area contributed by atoms with Crippen molar-refractivity contribution < 1.29 is 23.8 Å². The Bertz CT molecular complexity index is 678. The minimum atomic E-state index is -0.883. The van der Waals surface area contributed by atoms with Gasteiger partial charge in [-0.25, -0.2) is 4.79 Å². The van der Waals surface area contributed by atoms with Gasteiger partial charge < -0.3 is 19.5 Å². The summed E-state index contributed by atoms with van der Waals surface area (Å²) in [6.45, 7) is 3.76. The summed E-state index contributed by atoms with van der Waals surface area (Å²) < 4.78 is 15.7. The molecule has 0 saturated heterocycles. The first kappa shape index (κ1) is 17.9. The zero-order valence-corrected chi connectivity index (χ0v) is 15.1. The first-order valence-corrected chi connectivity index (χ1v) is 8.94. The molecule has 0 aromatic heterocycles. The number of benzene rings is 1. The van der Waals surface area contributed by atoms with Crippen molar-refractivity contribution in [1.29, 1.82) is 0 Å². The number of halogens is 1. The third-order valence-corrected chi connectivity index (χ3v) is 5.04. The lowest BCUT2D eigenvalue weighted by molar-refractivity contribution is -0.130. The molecule has 6 nitrogen and oxygen atoms in total. The molecule has 0 bridgehead atoms. The quantitative estimate of drug-likeness (QED) is 0.826. The number of hydrogen-bond acceptors (Lipinski definition) is 5. The standard InChI is InChI=1S/C18H22ClNO5/c1-10-5-3-4-6-14(10)20-17(21)11(2)25-18(22)12-7-13(19)16-15(8-12)23-9-24-16/h7-8,10-11,14H,3-6,9H2,1-2H3,(H,20,21). The molecule has 1 heterocycles. The molecule has 136 valence electrons. The van der Waals surface area contributed by atoms with Crippen LogP contribution in [0, 0.1) is 5.92 Å². The SMILES string of the molecule is CC(OC(=O)c1cc(Cl)c2c(c1)OCO2)C(=O)NC1CCCCC1C. The minimum absolute atomic E-state index is 0.0614. The summed E-state index contributed by atoms with van der Waals surface area (Å²) in [7, 11) is 0. The van der Waals surface area contributed by atoms with Gasteiger partial charge in [-0.2, -0.15) is 0 Å². The van der Waals surface area contributed by atoms with E-state index in [9.17, 15) is 9.59 Å². The van der Waals surface area contributed by atoms with Crippen molar-refractivity contribution in [3.05, 3.63) is 22.7 Å². The van der Waals surface area contributed by atoms with Gasteiger partial charge in [-0.1, -0.05) is 31.4 Å². The number of hydrogen-bond donors (Lipinski definition) is 1. The molecule has 1 aliphatic carbocycles. The fourth-order valence-corrected chi connectivity index (χ4v) is 3.46. The zero-order valence-electron chi connectivity index (χ0n) is 14.3. The molecule has 0 spiro atoms. The van der Waals surface area contributed by atoms with Crippen molar-refractivity contribution in [2.75, 3.05) is 6.79 Å². The van der Waals surface area contributed by atoms with Gasteiger partial charge in [0.2, 0.25) is 6.79 Å². The predicted octanol–water partition coefficient (Wildman–Crippen LogP) is 3.31. The van der Waals surface area contributed by atoms with Gasteiger partial charge in [-0.15, -0.1) is 0 Å². The van der Waals surface area contributed by atoms with Crippen LogP contribution in [0.2, 0.25) is 5.02 Å². The van der Waals surface area contributed by atoms with Gasteiger partial charge in [0.25, 0.3) is 5.91 Å². The number of ether oxygens (including phenoxy) is 3. The maximum atomic E-state index is 12.3. The molecule has 2 aliphatic rings. The van der Waals surface area contributed by atoms with E-state index in [4.69, 9.17) is 25.8 Å². The summed E-state index contributed by atoms with van der Waals surface area (Å²) in [4.78, 5) is 24.6. The van der Waals surface area contributed by atoms with Gasteiger partial charge in [0.1, 0.15) is 0 Å². The van der Waals surface area contributed by atoms with E-state index in [2.05, 4.69) is 12.2 Å². The topological polar surface area (TPSA) is 73.9 Å². The number of esters is 1. The van der Waals surface area contributed by atoms with Crippen LogP contribution in [0.1, 0.15) is 49.9 Å². The Morgan fingerprint density at radius 3 is 2.80 bits per heavy atom. The molecule has 3 rings (SSSR count). The second-order valence-electron chi connectivity index (χ2n) is 6.62. The van der Waals surface area contributed by atoms with Crippen LogP contribution in [-0.4, -0.2) is 30.8 Å². The number of nitrogens with one attached hydrogen (secondary N) is 1. The number of carbonyl (C=O) groups is 2. The zero-order chi connectivity index (χ0) is 18.0. The van der Waals surface area contributed by atoms with E-state index in [0.29, 0.717) is 17.4 Å². The lowest BCUT2D eigenvalue weighted by atomic mass is 9.86. The summed E-state index contributed by atoms with van der Waals surface area (Å²) in [5, 5.41) is 3.26. The summed E-state index contributed by atoms with van der Waals surface area (Å²) in [6, 6.07) is 3.10. The average Bonchev–Trinajstić information content (AvgIpc) is 3.06. The Labute approximate surface area is 151 Å². The van der Waals surface area contributed by atoms with Gasteiger partial charge in [0.15, 0.2) is 17.6 Å². The van der Waals surface area contributed by atoms with Crippen LogP contribution >= 0.6 is 11.6 Å². The van der Waals surface area contributed by atoms with Crippen LogP contribution in [0.15, 0.2) is 12.1 Å². The highest BCUT2D eigenvalue weighted by atomic mass is 35.5. The summed E-state index contributed by atoms with van der Waals surface area (Å²) >= 11 is 6.07. The van der Waals surface area contributed by atoms with Crippen LogP contribution in [0.5, 0.6) is 11.5 Å². The Balaban J connectivity index is 1.60. The van der Waals surface area contributed by atoms with E-state index in [1.807, 2.05) is 0 Å². The highest BCUT2D eigenvalue weighted by Gasteiger charge is 2.27. The molecule has 0 radical (unpaired) electrons. The second-order valence-corrected chi connectivity index (χ2v) is 7.02. The van der Waals surface area contributed by atoms with Crippen LogP contribution < -0.4 is 14.8 Å². The summed E-state index contributed by atoms with van der Waals surface area (Å²) in [6.07, 6.45) is 3.49. The lowest BCUT2D eigenvalue weighted by Gasteiger charge is -2.30. The van der Waals surface area contributed by atoms with Crippen molar-refractivity contribution >= 4 is 23.5 Å². The molecule has 25 heavy (non-hydrogen) atoms. The molecule has 1 aromatic carbocycles. The van der Waals surface area contributed by atoms with E-state index in [1.165, 1.54) is 18.6 Å². The van der Waals surface area contributed by atoms with Gasteiger partial charge in [-0.3, -0.25) is 4.79 Å². The van der Waals surface area contributed by atoms with Gasteiger partial charge in [-0.05, 0) is 37.8 Å². The Kier molecular flexibility index (Phi) is 5.37. The van der Waals surface area contributed by atoms with Gasteiger partial charge >= 0.3 is 5.97 Å². The fourth-order valence-electron chi connectivity index (χ4n) is 3.20. The Morgan fingerprint density at radius 2 is 2.04 bits per heavy atom. The van der Waals surface area contributed by atoms with Crippen molar-refractivity contribution in [3.8, 4) is 11.5 Å². The van der Waals surface area contributed by atoms with Crippen LogP contribution in [0.4, 0.5) is 0 Å². The second kappa shape index (κ2) is 7.52. The summed E-state index contributed by atoms with van der Waals surface area (Å²) in [5.74, 6) is 0.342. The average molecular weight is 368 g/mol. The molecule has 7 heteroatoms. The monoisotopic (exact) mass is 367 g/mol. The molecule has 1 aliphatic heterocycles. The first-order chi connectivity index (χ1) is 12.0. The molecule has 3 atom stereocenters. The molecule has 3 unspecified atom stereocenters. The number of rotatable bonds is 4. The molecule has 1 saturated carbocycles. The lowest BCUT2D eigenvalue weighted by Crippen LogP contribution is -2.45. The largest absolute Gasteiger partial charge is 0.454 e. The smallest absolute Gasteiger partial charge is 0.339 e. The van der Waals surface area contributed by atoms with E-state index < -0.39 is 12.1 Å². The van der Waals surface area contributed by atoms with E-state index in [0.717, 1.165) is 19.3 Å². The van der Waals surface area contributed by atoms with Crippen molar-refractivity contribution in [1.82, 2.24) is 5.32 Å². The summed E-state index contributed by atoms with van der Waals surface area (Å²) in [5.41, 5.74) is 0.222. The highest BCUT2D eigenvalue weighted by Crippen LogP contribution is 2.40. The molecule has 1 fully saturated rings. The highest BCUT2D eigenvalue weighted by molar-refractivity contribution is 6.32. The molecule has 1 aromatic rings. The molecule has 1 N–H and O–H groups in total. The van der Waals surface area contributed by atoms with E-state index in [-0.39, 0.29) is 29.3 Å². The molecular formula is C18H22ClNO5. The Hall–Kier alpha value is -1.95. The number of fused-ring (bicyclic) bond motifs is 1. The van der Waals surface area contributed by atoms with E-state index >= 15 is 0 Å². The molecule has 1 amide bonds. The predicted molar refractivity (Wildman–Crippen MR) is 92.0 cm³/mol.